The Bertz CT molecular complexity index is 536. The quantitative estimate of drug-likeness (QED) is 0.648. The molecule has 0 spiro atoms. The third kappa shape index (κ3) is 5.88. The summed E-state index contributed by atoms with van der Waals surface area (Å²) in [5, 5.41) is 8.56. The number of aromatic carboxylic acids is 1. The van der Waals surface area contributed by atoms with Gasteiger partial charge in [-0.15, -0.1) is 0 Å². The van der Waals surface area contributed by atoms with Crippen LogP contribution in [0.15, 0.2) is 59.0 Å². The van der Waals surface area contributed by atoms with Gasteiger partial charge in [0.25, 0.3) is 0 Å². The average Bonchev–Trinajstić information content (AvgIpc) is 2.41. The van der Waals surface area contributed by atoms with Gasteiger partial charge in [-0.05, 0) is 37.4 Å². The molecule has 0 bridgehead atoms. The molecule has 0 saturated carbocycles. The number of carboxylic acid groups (broad SMARTS) is 1. The molecular formula is C15H15NO2S. The van der Waals surface area contributed by atoms with Gasteiger partial charge in [0.05, 0.1) is 5.56 Å². The van der Waals surface area contributed by atoms with Gasteiger partial charge in [-0.2, -0.15) is 0 Å². The number of thiol groups is 1. The molecule has 0 radical (unpaired) electrons. The van der Waals surface area contributed by atoms with Gasteiger partial charge in [-0.1, -0.05) is 48.0 Å². The van der Waals surface area contributed by atoms with E-state index in [4.69, 9.17) is 5.11 Å². The Hall–Kier alpha value is -2.07. The van der Waals surface area contributed by atoms with Gasteiger partial charge in [0.2, 0.25) is 0 Å². The van der Waals surface area contributed by atoms with Crippen molar-refractivity contribution in [3.8, 4) is 0 Å². The van der Waals surface area contributed by atoms with Crippen LogP contribution in [0.5, 0.6) is 0 Å². The lowest BCUT2D eigenvalue weighted by molar-refractivity contribution is 0.0697. The van der Waals surface area contributed by atoms with Crippen LogP contribution in [0.3, 0.4) is 0 Å². The van der Waals surface area contributed by atoms with Gasteiger partial charge in [0, 0.05) is 6.21 Å². The minimum absolute atomic E-state index is 0.270. The van der Waals surface area contributed by atoms with Gasteiger partial charge >= 0.3 is 5.97 Å². The van der Waals surface area contributed by atoms with E-state index >= 15 is 0 Å². The Morgan fingerprint density at radius 1 is 1.11 bits per heavy atom. The maximum Gasteiger partial charge on any atom is 0.335 e. The van der Waals surface area contributed by atoms with E-state index in [0.717, 1.165) is 5.56 Å². The molecule has 0 unspecified atom stereocenters. The van der Waals surface area contributed by atoms with Crippen molar-refractivity contribution in [1.29, 1.82) is 0 Å². The predicted molar refractivity (Wildman–Crippen MR) is 81.2 cm³/mol. The monoisotopic (exact) mass is 273 g/mol. The number of aryl methyl sites for hydroxylation is 1. The lowest BCUT2D eigenvalue weighted by Crippen LogP contribution is -1.95. The molecule has 1 N–H and O–H groups in total. The first-order valence-corrected chi connectivity index (χ1v) is 6.06. The third-order valence-corrected chi connectivity index (χ3v) is 2.42. The molecule has 2 aromatic carbocycles. The van der Waals surface area contributed by atoms with E-state index in [1.807, 2.05) is 18.2 Å². The number of benzene rings is 2. The van der Waals surface area contributed by atoms with E-state index in [1.54, 1.807) is 12.1 Å². The SMILES string of the molecule is Cc1ccccc1.O=C(O)c1ccc(/C=N/S)cc1. The molecule has 3 nitrogen and oxygen atoms in total. The van der Waals surface area contributed by atoms with Crippen LogP contribution < -0.4 is 0 Å². The van der Waals surface area contributed by atoms with Crippen molar-refractivity contribution in [3.05, 3.63) is 71.3 Å². The lowest BCUT2D eigenvalue weighted by atomic mass is 10.1. The van der Waals surface area contributed by atoms with Gasteiger partial charge in [-0.3, -0.25) is 0 Å². The lowest BCUT2D eigenvalue weighted by Gasteiger charge is -1.93. The number of carboxylic acids is 1. The summed E-state index contributed by atoms with van der Waals surface area (Å²) in [5.41, 5.74) is 2.42. The van der Waals surface area contributed by atoms with Crippen LogP contribution in [0, 0.1) is 6.92 Å². The molecule has 0 heterocycles. The zero-order valence-corrected chi connectivity index (χ0v) is 11.4. The van der Waals surface area contributed by atoms with Crippen LogP contribution in [0.4, 0.5) is 0 Å². The van der Waals surface area contributed by atoms with E-state index in [2.05, 4.69) is 36.3 Å². The molecule has 0 aliphatic rings. The third-order valence-electron chi connectivity index (χ3n) is 2.30. The largest absolute Gasteiger partial charge is 0.478 e. The highest BCUT2D eigenvalue weighted by Crippen LogP contribution is 2.02. The Balaban J connectivity index is 0.000000218. The second kappa shape index (κ2) is 8.11. The molecule has 0 aliphatic heterocycles. The molecule has 0 saturated heterocycles. The molecule has 98 valence electrons. The number of nitrogens with zero attached hydrogens (tertiary/aromatic N) is 1. The van der Waals surface area contributed by atoms with Gasteiger partial charge in [0.1, 0.15) is 0 Å². The fraction of sp³-hybridized carbons (Fsp3) is 0.0667. The van der Waals surface area contributed by atoms with Crippen LogP contribution >= 0.6 is 12.8 Å². The zero-order valence-electron chi connectivity index (χ0n) is 10.5. The van der Waals surface area contributed by atoms with Crippen molar-refractivity contribution in [1.82, 2.24) is 0 Å². The zero-order chi connectivity index (χ0) is 14.1. The fourth-order valence-electron chi connectivity index (χ4n) is 1.31. The summed E-state index contributed by atoms with van der Waals surface area (Å²) in [5.74, 6) is -0.927. The molecule has 4 heteroatoms. The highest BCUT2D eigenvalue weighted by atomic mass is 32.1. The minimum atomic E-state index is -0.927. The maximum atomic E-state index is 10.4. The van der Waals surface area contributed by atoms with Crippen molar-refractivity contribution in [2.24, 2.45) is 4.40 Å². The summed E-state index contributed by atoms with van der Waals surface area (Å²) in [4.78, 5) is 10.4. The second-order valence-electron chi connectivity index (χ2n) is 3.83. The Kier molecular flexibility index (Phi) is 6.39. The van der Waals surface area contributed by atoms with Crippen molar-refractivity contribution < 1.29 is 9.90 Å². The molecule has 2 aromatic rings. The number of hydrogen-bond donors (Lipinski definition) is 2. The fourth-order valence-corrected chi connectivity index (χ4v) is 1.45. The van der Waals surface area contributed by atoms with Crippen molar-refractivity contribution in [3.63, 3.8) is 0 Å². The van der Waals surface area contributed by atoms with Crippen molar-refractivity contribution >= 4 is 25.0 Å². The van der Waals surface area contributed by atoms with Crippen LogP contribution in [0.2, 0.25) is 0 Å². The number of hydrogen-bond acceptors (Lipinski definition) is 3. The summed E-state index contributed by atoms with van der Waals surface area (Å²) >= 11 is 3.65. The summed E-state index contributed by atoms with van der Waals surface area (Å²) in [6.07, 6.45) is 1.54. The Labute approximate surface area is 118 Å². The first-order chi connectivity index (χ1) is 9.13. The summed E-state index contributed by atoms with van der Waals surface area (Å²) < 4.78 is 3.50. The molecule has 19 heavy (non-hydrogen) atoms. The topological polar surface area (TPSA) is 49.7 Å². The van der Waals surface area contributed by atoms with Gasteiger partial charge in [0.15, 0.2) is 0 Å². The van der Waals surface area contributed by atoms with E-state index in [9.17, 15) is 4.79 Å². The summed E-state index contributed by atoms with van der Waals surface area (Å²) in [6, 6.07) is 16.6. The predicted octanol–water partition coefficient (Wildman–Crippen LogP) is 3.64. The molecule has 0 fully saturated rings. The maximum absolute atomic E-state index is 10.4. The van der Waals surface area contributed by atoms with Crippen LogP contribution in [-0.4, -0.2) is 17.3 Å². The smallest absolute Gasteiger partial charge is 0.335 e. The first-order valence-electron chi connectivity index (χ1n) is 5.66. The second-order valence-corrected chi connectivity index (χ2v) is 4.06. The van der Waals surface area contributed by atoms with Crippen LogP contribution in [0.1, 0.15) is 21.5 Å². The first kappa shape index (κ1) is 15.0. The van der Waals surface area contributed by atoms with E-state index in [1.165, 1.54) is 23.9 Å². The normalized spacial score (nSPS) is 9.79. The van der Waals surface area contributed by atoms with Crippen molar-refractivity contribution in [2.75, 3.05) is 0 Å². The van der Waals surface area contributed by atoms with Gasteiger partial charge in [-0.25, -0.2) is 9.19 Å². The number of carbonyl (C=O) groups is 1. The Morgan fingerprint density at radius 3 is 2.05 bits per heavy atom. The van der Waals surface area contributed by atoms with E-state index < -0.39 is 5.97 Å². The van der Waals surface area contributed by atoms with Crippen molar-refractivity contribution in [2.45, 2.75) is 6.92 Å². The summed E-state index contributed by atoms with van der Waals surface area (Å²) in [6.45, 7) is 2.08. The Morgan fingerprint density at radius 2 is 1.68 bits per heavy atom. The molecule has 0 aromatic heterocycles. The molecule has 0 aliphatic carbocycles. The standard InChI is InChI=1S/C8H7NO2S.C7H8/c10-8(11)7-3-1-6(2-4-7)5-9-12;1-7-5-3-2-4-6-7/h1-5,12H,(H,10,11);2-6H,1H3/b9-5+;. The van der Waals surface area contributed by atoms with Crippen LogP contribution in [-0.2, 0) is 0 Å². The molecule has 0 atom stereocenters. The summed E-state index contributed by atoms with van der Waals surface area (Å²) in [7, 11) is 0. The highest BCUT2D eigenvalue weighted by Gasteiger charge is 1.99. The molecule has 2 rings (SSSR count). The average molecular weight is 273 g/mol. The van der Waals surface area contributed by atoms with E-state index in [-0.39, 0.29) is 5.56 Å². The molecule has 0 amide bonds. The highest BCUT2D eigenvalue weighted by molar-refractivity contribution is 7.79. The van der Waals surface area contributed by atoms with Crippen LogP contribution in [0.25, 0.3) is 0 Å². The number of rotatable bonds is 2. The van der Waals surface area contributed by atoms with E-state index in [0.29, 0.717) is 0 Å². The molecular weight excluding hydrogens is 258 g/mol. The van der Waals surface area contributed by atoms with Gasteiger partial charge < -0.3 is 5.11 Å². The minimum Gasteiger partial charge on any atom is -0.478 e.